The standard InChI is InChI=1S/C19H24ClN3O2S/c1-19(6-8-21-9-7-19)13-22-17(24)10-15-12-26-18(23-15)11-25-16-4-2-14(20)3-5-16/h2-5,12,21H,6-11,13H2,1H3,(H,22,24). The zero-order valence-corrected chi connectivity index (χ0v) is 16.5. The van der Waals surface area contributed by atoms with Crippen molar-refractivity contribution in [3.8, 4) is 5.75 Å². The Morgan fingerprint density at radius 3 is 2.81 bits per heavy atom. The molecule has 3 rings (SSSR count). The number of nitrogens with one attached hydrogen (secondary N) is 2. The van der Waals surface area contributed by atoms with Gasteiger partial charge in [0.05, 0.1) is 12.1 Å². The molecule has 0 aliphatic carbocycles. The van der Waals surface area contributed by atoms with Crippen molar-refractivity contribution in [2.24, 2.45) is 5.41 Å². The molecule has 0 unspecified atom stereocenters. The van der Waals surface area contributed by atoms with Crippen molar-refractivity contribution >= 4 is 28.8 Å². The van der Waals surface area contributed by atoms with Crippen LogP contribution in [0.2, 0.25) is 5.02 Å². The number of hydrogen-bond acceptors (Lipinski definition) is 5. The Balaban J connectivity index is 1.43. The summed E-state index contributed by atoms with van der Waals surface area (Å²) in [5.41, 5.74) is 0.985. The van der Waals surface area contributed by atoms with Gasteiger partial charge in [0, 0.05) is 16.9 Å². The first-order valence-corrected chi connectivity index (χ1v) is 10.1. The van der Waals surface area contributed by atoms with E-state index in [0.717, 1.165) is 48.9 Å². The normalized spacial score (nSPS) is 16.2. The van der Waals surface area contributed by atoms with Crippen LogP contribution in [0.25, 0.3) is 0 Å². The summed E-state index contributed by atoms with van der Waals surface area (Å²) in [7, 11) is 0. The summed E-state index contributed by atoms with van der Waals surface area (Å²) in [6, 6.07) is 7.23. The predicted molar refractivity (Wildman–Crippen MR) is 105 cm³/mol. The van der Waals surface area contributed by atoms with E-state index >= 15 is 0 Å². The Hall–Kier alpha value is -1.63. The van der Waals surface area contributed by atoms with Crippen molar-refractivity contribution < 1.29 is 9.53 Å². The quantitative estimate of drug-likeness (QED) is 0.756. The van der Waals surface area contributed by atoms with Crippen LogP contribution in [-0.4, -0.2) is 30.5 Å². The van der Waals surface area contributed by atoms with Crippen molar-refractivity contribution in [1.29, 1.82) is 0 Å². The molecule has 5 nitrogen and oxygen atoms in total. The van der Waals surface area contributed by atoms with E-state index in [1.165, 1.54) is 11.3 Å². The lowest BCUT2D eigenvalue weighted by Gasteiger charge is -2.34. The van der Waals surface area contributed by atoms with Crippen LogP contribution in [0, 0.1) is 5.41 Å². The number of ether oxygens (including phenoxy) is 1. The third-order valence-corrected chi connectivity index (χ3v) is 5.76. The third-order valence-electron chi connectivity index (χ3n) is 4.64. The van der Waals surface area contributed by atoms with E-state index in [4.69, 9.17) is 16.3 Å². The highest BCUT2D eigenvalue weighted by Crippen LogP contribution is 2.26. The Kier molecular flexibility index (Phi) is 6.51. The van der Waals surface area contributed by atoms with E-state index in [-0.39, 0.29) is 11.3 Å². The zero-order chi connectivity index (χ0) is 18.4. The number of carbonyl (C=O) groups excluding carboxylic acids is 1. The molecule has 1 aliphatic heterocycles. The van der Waals surface area contributed by atoms with E-state index in [1.54, 1.807) is 12.1 Å². The number of carbonyl (C=O) groups is 1. The van der Waals surface area contributed by atoms with Gasteiger partial charge in [0.15, 0.2) is 0 Å². The zero-order valence-electron chi connectivity index (χ0n) is 14.9. The number of thiazole rings is 1. The fourth-order valence-corrected chi connectivity index (χ4v) is 3.75. The largest absolute Gasteiger partial charge is 0.486 e. The number of nitrogens with zero attached hydrogens (tertiary/aromatic N) is 1. The highest BCUT2D eigenvalue weighted by molar-refractivity contribution is 7.09. The third kappa shape index (κ3) is 5.69. The molecule has 1 saturated heterocycles. The van der Waals surface area contributed by atoms with Crippen molar-refractivity contribution in [3.63, 3.8) is 0 Å². The van der Waals surface area contributed by atoms with Crippen molar-refractivity contribution in [3.05, 3.63) is 45.4 Å². The maximum absolute atomic E-state index is 12.2. The van der Waals surface area contributed by atoms with E-state index in [9.17, 15) is 4.79 Å². The van der Waals surface area contributed by atoms with Gasteiger partial charge in [0.2, 0.25) is 5.91 Å². The molecule has 2 aromatic rings. The van der Waals surface area contributed by atoms with Crippen LogP contribution in [0.1, 0.15) is 30.5 Å². The van der Waals surface area contributed by atoms with Gasteiger partial charge < -0.3 is 15.4 Å². The summed E-state index contributed by atoms with van der Waals surface area (Å²) in [4.78, 5) is 16.7. The number of piperidine rings is 1. The van der Waals surface area contributed by atoms with Gasteiger partial charge in [-0.15, -0.1) is 11.3 Å². The highest BCUT2D eigenvalue weighted by atomic mass is 35.5. The molecular weight excluding hydrogens is 370 g/mol. The first kappa shape index (κ1) is 19.1. The molecule has 26 heavy (non-hydrogen) atoms. The van der Waals surface area contributed by atoms with Gasteiger partial charge in [-0.3, -0.25) is 4.79 Å². The number of aromatic nitrogens is 1. The average Bonchev–Trinajstić information content (AvgIpc) is 3.08. The monoisotopic (exact) mass is 393 g/mol. The Morgan fingerprint density at radius 2 is 2.08 bits per heavy atom. The summed E-state index contributed by atoms with van der Waals surface area (Å²) < 4.78 is 5.69. The van der Waals surface area contributed by atoms with E-state index < -0.39 is 0 Å². The molecule has 0 spiro atoms. The van der Waals surface area contributed by atoms with E-state index in [2.05, 4.69) is 22.5 Å². The number of benzene rings is 1. The fraction of sp³-hybridized carbons (Fsp3) is 0.474. The number of rotatable bonds is 7. The second-order valence-electron chi connectivity index (χ2n) is 6.99. The molecule has 1 fully saturated rings. The molecule has 0 atom stereocenters. The lowest BCUT2D eigenvalue weighted by molar-refractivity contribution is -0.121. The van der Waals surface area contributed by atoms with Gasteiger partial charge in [-0.2, -0.15) is 0 Å². The van der Waals surface area contributed by atoms with Gasteiger partial charge in [-0.05, 0) is 55.6 Å². The van der Waals surface area contributed by atoms with Gasteiger partial charge in [0.25, 0.3) is 0 Å². The fourth-order valence-electron chi connectivity index (χ4n) is 2.92. The summed E-state index contributed by atoms with van der Waals surface area (Å²) in [5, 5.41) is 9.88. The highest BCUT2D eigenvalue weighted by Gasteiger charge is 2.27. The summed E-state index contributed by atoms with van der Waals surface area (Å²) in [6.07, 6.45) is 2.50. The molecule has 1 aliphatic rings. The van der Waals surface area contributed by atoms with Crippen molar-refractivity contribution in [2.75, 3.05) is 19.6 Å². The second-order valence-corrected chi connectivity index (χ2v) is 8.37. The molecule has 1 amide bonds. The molecule has 0 radical (unpaired) electrons. The average molecular weight is 394 g/mol. The minimum atomic E-state index is 0.0280. The molecule has 0 bridgehead atoms. The van der Waals surface area contributed by atoms with Crippen molar-refractivity contribution in [1.82, 2.24) is 15.6 Å². The SMILES string of the molecule is CC1(CNC(=O)Cc2csc(COc3ccc(Cl)cc3)n2)CCNCC1. The van der Waals surface area contributed by atoms with Gasteiger partial charge in [-0.25, -0.2) is 4.98 Å². The van der Waals surface area contributed by atoms with Crippen LogP contribution in [0.3, 0.4) is 0 Å². The first-order chi connectivity index (χ1) is 12.5. The van der Waals surface area contributed by atoms with Crippen molar-refractivity contribution in [2.45, 2.75) is 32.8 Å². The van der Waals surface area contributed by atoms with E-state index in [1.807, 2.05) is 17.5 Å². The Morgan fingerprint density at radius 1 is 1.35 bits per heavy atom. The lowest BCUT2D eigenvalue weighted by atomic mass is 9.81. The van der Waals surface area contributed by atoms with Gasteiger partial charge in [-0.1, -0.05) is 18.5 Å². The minimum absolute atomic E-state index is 0.0280. The number of halogens is 1. The predicted octanol–water partition coefficient (Wildman–Crippen LogP) is 3.42. The Bertz CT molecular complexity index is 727. The molecule has 2 N–H and O–H groups in total. The molecular formula is C19H24ClN3O2S. The molecule has 1 aromatic carbocycles. The molecule has 7 heteroatoms. The number of hydrogen-bond donors (Lipinski definition) is 2. The summed E-state index contributed by atoms with van der Waals surface area (Å²) >= 11 is 7.37. The second kappa shape index (κ2) is 8.84. The van der Waals surface area contributed by atoms with Crippen LogP contribution in [0.15, 0.2) is 29.6 Å². The van der Waals surface area contributed by atoms with Crippen LogP contribution in [0.4, 0.5) is 0 Å². The molecule has 0 saturated carbocycles. The van der Waals surface area contributed by atoms with Crippen LogP contribution < -0.4 is 15.4 Å². The minimum Gasteiger partial charge on any atom is -0.486 e. The summed E-state index contributed by atoms with van der Waals surface area (Å²) in [5.74, 6) is 0.777. The molecule has 140 valence electrons. The first-order valence-electron chi connectivity index (χ1n) is 8.81. The molecule has 2 heterocycles. The maximum Gasteiger partial charge on any atom is 0.226 e. The van der Waals surface area contributed by atoms with Gasteiger partial charge >= 0.3 is 0 Å². The molecule has 1 aromatic heterocycles. The van der Waals surface area contributed by atoms with Crippen LogP contribution >= 0.6 is 22.9 Å². The maximum atomic E-state index is 12.2. The number of amides is 1. The lowest BCUT2D eigenvalue weighted by Crippen LogP contribution is -2.43. The van der Waals surface area contributed by atoms with Gasteiger partial charge in [0.1, 0.15) is 17.4 Å². The Labute approximate surface area is 163 Å². The summed E-state index contributed by atoms with van der Waals surface area (Å²) in [6.45, 7) is 5.40. The smallest absolute Gasteiger partial charge is 0.226 e. The van der Waals surface area contributed by atoms with Crippen LogP contribution in [0.5, 0.6) is 5.75 Å². The topological polar surface area (TPSA) is 63.2 Å². The van der Waals surface area contributed by atoms with E-state index in [0.29, 0.717) is 18.1 Å². The van der Waals surface area contributed by atoms with Crippen LogP contribution in [-0.2, 0) is 17.8 Å².